The number of hydrogen-bond donors (Lipinski definition) is 1. The molecular weight excluding hydrogens is 244 g/mol. The molecule has 1 aliphatic rings. The normalized spacial score (nSPS) is 21.6. The van der Waals surface area contributed by atoms with E-state index in [9.17, 15) is 0 Å². The average molecular weight is 257 g/mol. The molecule has 1 fully saturated rings. The third-order valence-corrected chi connectivity index (χ3v) is 3.19. The number of aromatic nitrogens is 2. The number of anilines is 1. The molecule has 1 unspecified atom stereocenters. The Bertz CT molecular complexity index is 342. The van der Waals surface area contributed by atoms with Crippen molar-refractivity contribution in [2.75, 3.05) is 18.0 Å². The van der Waals surface area contributed by atoms with Gasteiger partial charge in [0.25, 0.3) is 0 Å². The number of halogens is 1. The molecule has 1 aromatic rings. The second kappa shape index (κ2) is 3.82. The molecule has 0 saturated carbocycles. The molecular formula is C9H13BrN4. The largest absolute Gasteiger partial charge is 0.339 e. The summed E-state index contributed by atoms with van der Waals surface area (Å²) in [6, 6.07) is 0.266. The van der Waals surface area contributed by atoms with E-state index < -0.39 is 0 Å². The van der Waals surface area contributed by atoms with Crippen LogP contribution in [-0.4, -0.2) is 29.1 Å². The number of nitrogens with two attached hydrogens (primary N) is 1. The van der Waals surface area contributed by atoms with Gasteiger partial charge in [-0.25, -0.2) is 9.97 Å². The lowest BCUT2D eigenvalue weighted by Crippen LogP contribution is -2.27. The van der Waals surface area contributed by atoms with Gasteiger partial charge < -0.3 is 10.6 Å². The van der Waals surface area contributed by atoms with Gasteiger partial charge in [-0.1, -0.05) is 0 Å². The van der Waals surface area contributed by atoms with Crippen molar-refractivity contribution in [3.63, 3.8) is 0 Å². The quantitative estimate of drug-likeness (QED) is 0.818. The van der Waals surface area contributed by atoms with Crippen LogP contribution in [-0.2, 0) is 0 Å². The molecule has 2 N–H and O–H groups in total. The summed E-state index contributed by atoms with van der Waals surface area (Å²) in [5.74, 6) is 0.790. The summed E-state index contributed by atoms with van der Waals surface area (Å²) in [6.45, 7) is 3.79. The molecule has 1 saturated heterocycles. The van der Waals surface area contributed by atoms with Crippen LogP contribution in [0.4, 0.5) is 5.95 Å². The molecule has 5 heteroatoms. The van der Waals surface area contributed by atoms with E-state index in [2.05, 4.69) is 30.8 Å². The molecule has 1 aromatic heterocycles. The highest BCUT2D eigenvalue weighted by Gasteiger charge is 2.21. The number of hydrogen-bond acceptors (Lipinski definition) is 4. The van der Waals surface area contributed by atoms with Gasteiger partial charge in [0, 0.05) is 25.3 Å². The average Bonchev–Trinajstić information content (AvgIpc) is 2.57. The number of aryl methyl sites for hydroxylation is 1. The van der Waals surface area contributed by atoms with Gasteiger partial charge in [-0.05, 0) is 29.3 Å². The molecule has 1 atom stereocenters. The Morgan fingerprint density at radius 1 is 1.64 bits per heavy atom. The predicted octanol–water partition coefficient (Wildman–Crippen LogP) is 1.08. The van der Waals surface area contributed by atoms with Gasteiger partial charge in [0.1, 0.15) is 0 Å². The molecule has 76 valence electrons. The SMILES string of the molecule is Cc1nc(N2CCC(N)C2)ncc1Br. The molecule has 14 heavy (non-hydrogen) atoms. The van der Waals surface area contributed by atoms with Crippen molar-refractivity contribution in [3.05, 3.63) is 16.4 Å². The highest BCUT2D eigenvalue weighted by molar-refractivity contribution is 9.10. The monoisotopic (exact) mass is 256 g/mol. The van der Waals surface area contributed by atoms with Crippen LogP contribution in [0, 0.1) is 6.92 Å². The molecule has 1 aliphatic heterocycles. The summed E-state index contributed by atoms with van der Waals surface area (Å²) < 4.78 is 0.949. The summed E-state index contributed by atoms with van der Waals surface area (Å²) in [7, 11) is 0. The smallest absolute Gasteiger partial charge is 0.225 e. The molecule has 0 spiro atoms. The Morgan fingerprint density at radius 3 is 3.00 bits per heavy atom. The maximum absolute atomic E-state index is 5.82. The van der Waals surface area contributed by atoms with Crippen molar-refractivity contribution in [2.45, 2.75) is 19.4 Å². The minimum atomic E-state index is 0.266. The lowest BCUT2D eigenvalue weighted by molar-refractivity contribution is 0.750. The van der Waals surface area contributed by atoms with Crippen molar-refractivity contribution in [2.24, 2.45) is 5.73 Å². The molecule has 4 nitrogen and oxygen atoms in total. The standard InChI is InChI=1S/C9H13BrN4/c1-6-8(10)4-12-9(13-6)14-3-2-7(11)5-14/h4,7H,2-3,5,11H2,1H3. The van der Waals surface area contributed by atoms with Gasteiger partial charge in [-0.3, -0.25) is 0 Å². The van der Waals surface area contributed by atoms with E-state index in [-0.39, 0.29) is 6.04 Å². The predicted molar refractivity (Wildman–Crippen MR) is 59.3 cm³/mol. The van der Waals surface area contributed by atoms with E-state index in [1.54, 1.807) is 6.20 Å². The van der Waals surface area contributed by atoms with Gasteiger partial charge in [-0.15, -0.1) is 0 Å². The number of rotatable bonds is 1. The van der Waals surface area contributed by atoms with Gasteiger partial charge in [-0.2, -0.15) is 0 Å². The fourth-order valence-electron chi connectivity index (χ4n) is 1.56. The zero-order valence-electron chi connectivity index (χ0n) is 8.07. The highest BCUT2D eigenvalue weighted by Crippen LogP contribution is 2.18. The van der Waals surface area contributed by atoms with E-state index in [4.69, 9.17) is 5.73 Å². The fourth-order valence-corrected chi connectivity index (χ4v) is 1.75. The molecule has 2 heterocycles. The van der Waals surface area contributed by atoms with Crippen LogP contribution in [0.25, 0.3) is 0 Å². The molecule has 0 radical (unpaired) electrons. The first kappa shape index (κ1) is 9.86. The van der Waals surface area contributed by atoms with Gasteiger partial charge in [0.15, 0.2) is 0 Å². The molecule has 0 bridgehead atoms. The van der Waals surface area contributed by atoms with Gasteiger partial charge in [0.2, 0.25) is 5.95 Å². The van der Waals surface area contributed by atoms with Crippen LogP contribution < -0.4 is 10.6 Å². The van der Waals surface area contributed by atoms with Crippen molar-refractivity contribution >= 4 is 21.9 Å². The Labute approximate surface area is 91.7 Å². The first-order valence-corrected chi connectivity index (χ1v) is 5.46. The third-order valence-electron chi connectivity index (χ3n) is 2.41. The minimum absolute atomic E-state index is 0.266. The molecule has 0 aliphatic carbocycles. The van der Waals surface area contributed by atoms with Crippen LogP contribution in [0.2, 0.25) is 0 Å². The van der Waals surface area contributed by atoms with Crippen LogP contribution in [0.5, 0.6) is 0 Å². The highest BCUT2D eigenvalue weighted by atomic mass is 79.9. The first-order valence-electron chi connectivity index (χ1n) is 4.66. The second-order valence-corrected chi connectivity index (χ2v) is 4.45. The summed E-state index contributed by atoms with van der Waals surface area (Å²) in [5.41, 5.74) is 6.79. The van der Waals surface area contributed by atoms with Gasteiger partial charge in [0.05, 0.1) is 10.2 Å². The Hall–Kier alpha value is -0.680. The maximum atomic E-state index is 5.82. The first-order chi connectivity index (χ1) is 6.66. The minimum Gasteiger partial charge on any atom is -0.339 e. The second-order valence-electron chi connectivity index (χ2n) is 3.60. The summed E-state index contributed by atoms with van der Waals surface area (Å²) >= 11 is 3.38. The fraction of sp³-hybridized carbons (Fsp3) is 0.556. The van der Waals surface area contributed by atoms with E-state index in [0.717, 1.165) is 35.6 Å². The van der Waals surface area contributed by atoms with Crippen molar-refractivity contribution < 1.29 is 0 Å². The topological polar surface area (TPSA) is 55.0 Å². The maximum Gasteiger partial charge on any atom is 0.225 e. The molecule has 0 aromatic carbocycles. The lowest BCUT2D eigenvalue weighted by Gasteiger charge is -2.15. The Kier molecular flexibility index (Phi) is 2.69. The number of nitrogens with zero attached hydrogens (tertiary/aromatic N) is 3. The Balaban J connectivity index is 2.20. The summed E-state index contributed by atoms with van der Waals surface area (Å²) in [5, 5.41) is 0. The van der Waals surface area contributed by atoms with Crippen molar-refractivity contribution in [1.29, 1.82) is 0 Å². The van der Waals surface area contributed by atoms with Crippen molar-refractivity contribution in [1.82, 2.24) is 9.97 Å². The van der Waals surface area contributed by atoms with E-state index in [1.807, 2.05) is 6.92 Å². The van der Waals surface area contributed by atoms with Crippen LogP contribution >= 0.6 is 15.9 Å². The summed E-state index contributed by atoms with van der Waals surface area (Å²) in [4.78, 5) is 10.8. The van der Waals surface area contributed by atoms with Crippen LogP contribution in [0.1, 0.15) is 12.1 Å². The van der Waals surface area contributed by atoms with Crippen LogP contribution in [0.15, 0.2) is 10.7 Å². The van der Waals surface area contributed by atoms with E-state index in [0.29, 0.717) is 0 Å². The van der Waals surface area contributed by atoms with E-state index in [1.165, 1.54) is 0 Å². The lowest BCUT2D eigenvalue weighted by atomic mass is 10.3. The molecule has 2 rings (SSSR count). The van der Waals surface area contributed by atoms with Crippen molar-refractivity contribution in [3.8, 4) is 0 Å². The van der Waals surface area contributed by atoms with E-state index >= 15 is 0 Å². The zero-order valence-corrected chi connectivity index (χ0v) is 9.66. The Morgan fingerprint density at radius 2 is 2.43 bits per heavy atom. The van der Waals surface area contributed by atoms with Gasteiger partial charge >= 0.3 is 0 Å². The summed E-state index contributed by atoms with van der Waals surface area (Å²) in [6.07, 6.45) is 2.82. The van der Waals surface area contributed by atoms with Crippen LogP contribution in [0.3, 0.4) is 0 Å². The molecule has 0 amide bonds. The third kappa shape index (κ3) is 1.88. The zero-order chi connectivity index (χ0) is 10.1.